The van der Waals surface area contributed by atoms with Crippen LogP contribution in [0, 0.1) is 0 Å². The van der Waals surface area contributed by atoms with Gasteiger partial charge >= 0.3 is 7.75 Å². The van der Waals surface area contributed by atoms with Crippen LogP contribution in [-0.4, -0.2) is 81.6 Å². The highest BCUT2D eigenvalue weighted by Crippen LogP contribution is 2.46. The SMILES string of the molecule is C[C@H](NP(=O)(OCCOCn1cnc2c(=O)[nH]c(/N=C/N(C)C)nc21)Oc1cccc2ccccc12)C(=O)CO. The standard InChI is InChI=1S/C25H30N7O7P/c1-17(20(34)13-33)30-40(36,39-21-10-6-8-18-7-4-5-9-19(18)21)38-12-11-37-16-32-15-26-22-23(32)28-25(29-24(22)35)27-14-31(2)3/h4-10,14-15,17,33H,11-13,16H2,1-3H3,(H,30,36)(H,28,29,35)/b27-14+/t17-,40?/m0/s1. The number of nitrogens with zero attached hydrogens (tertiary/aromatic N) is 5. The molecule has 2 aromatic carbocycles. The minimum atomic E-state index is -4.10. The van der Waals surface area contributed by atoms with Crippen LogP contribution in [0.4, 0.5) is 5.95 Å². The van der Waals surface area contributed by atoms with Gasteiger partial charge in [-0.1, -0.05) is 36.4 Å². The van der Waals surface area contributed by atoms with Crippen molar-refractivity contribution in [1.29, 1.82) is 0 Å². The lowest BCUT2D eigenvalue weighted by atomic mass is 10.1. The fourth-order valence-electron chi connectivity index (χ4n) is 3.59. The third-order valence-electron chi connectivity index (χ3n) is 5.55. The average Bonchev–Trinajstić information content (AvgIpc) is 3.34. The molecule has 40 heavy (non-hydrogen) atoms. The second-order valence-electron chi connectivity index (χ2n) is 8.90. The zero-order chi connectivity index (χ0) is 28.7. The number of fused-ring (bicyclic) bond motifs is 2. The molecule has 3 N–H and O–H groups in total. The Morgan fingerprint density at radius 1 is 1.25 bits per heavy atom. The lowest BCUT2D eigenvalue weighted by Crippen LogP contribution is -2.35. The van der Waals surface area contributed by atoms with Crippen molar-refractivity contribution in [2.45, 2.75) is 19.7 Å². The summed E-state index contributed by atoms with van der Waals surface area (Å²) in [4.78, 5) is 41.0. The summed E-state index contributed by atoms with van der Waals surface area (Å²) < 4.78 is 32.2. The topological polar surface area (TPSA) is 173 Å². The van der Waals surface area contributed by atoms with Gasteiger partial charge < -0.3 is 19.3 Å². The van der Waals surface area contributed by atoms with E-state index in [4.69, 9.17) is 13.8 Å². The number of carbonyl (C=O) groups is 1. The summed E-state index contributed by atoms with van der Waals surface area (Å²) in [5.41, 5.74) is -0.0379. The molecule has 0 radical (unpaired) electrons. The number of aliphatic hydroxyl groups excluding tert-OH is 1. The first-order chi connectivity index (χ1) is 19.2. The highest BCUT2D eigenvalue weighted by atomic mass is 31.2. The van der Waals surface area contributed by atoms with Crippen molar-refractivity contribution in [3.05, 3.63) is 59.1 Å². The van der Waals surface area contributed by atoms with E-state index in [9.17, 15) is 19.3 Å². The quantitative estimate of drug-likeness (QED) is 0.0876. The molecule has 2 atom stereocenters. The van der Waals surface area contributed by atoms with Gasteiger partial charge in [0.25, 0.3) is 5.56 Å². The van der Waals surface area contributed by atoms with Crippen LogP contribution < -0.4 is 15.2 Å². The van der Waals surface area contributed by atoms with Gasteiger partial charge in [-0.2, -0.15) is 4.98 Å². The number of imidazole rings is 1. The van der Waals surface area contributed by atoms with E-state index in [0.29, 0.717) is 11.1 Å². The Morgan fingerprint density at radius 3 is 2.80 bits per heavy atom. The Labute approximate surface area is 229 Å². The van der Waals surface area contributed by atoms with E-state index in [1.165, 1.54) is 24.2 Å². The summed E-state index contributed by atoms with van der Waals surface area (Å²) in [6, 6.07) is 11.7. The Bertz CT molecular complexity index is 1610. The van der Waals surface area contributed by atoms with Crippen molar-refractivity contribution < 1.29 is 28.3 Å². The maximum Gasteiger partial charge on any atom is 0.459 e. The molecule has 0 aliphatic heterocycles. The van der Waals surface area contributed by atoms with Gasteiger partial charge in [0.15, 0.2) is 16.9 Å². The number of carbonyl (C=O) groups excluding carboxylic acids is 1. The molecule has 0 fully saturated rings. The highest BCUT2D eigenvalue weighted by molar-refractivity contribution is 7.52. The summed E-state index contributed by atoms with van der Waals surface area (Å²) in [7, 11) is -0.527. The van der Waals surface area contributed by atoms with Crippen LogP contribution in [0.25, 0.3) is 21.9 Å². The van der Waals surface area contributed by atoms with E-state index < -0.39 is 31.7 Å². The molecule has 4 rings (SSSR count). The number of rotatable bonds is 14. The number of aromatic nitrogens is 4. The number of ether oxygens (including phenoxy) is 1. The summed E-state index contributed by atoms with van der Waals surface area (Å²) >= 11 is 0. The number of aromatic amines is 1. The first-order valence-corrected chi connectivity index (χ1v) is 13.8. The Kier molecular flexibility index (Phi) is 9.40. The van der Waals surface area contributed by atoms with Crippen molar-refractivity contribution in [3.8, 4) is 5.75 Å². The zero-order valence-electron chi connectivity index (χ0n) is 22.2. The van der Waals surface area contributed by atoms with E-state index in [1.807, 2.05) is 30.3 Å². The zero-order valence-corrected chi connectivity index (χ0v) is 23.1. The van der Waals surface area contributed by atoms with Crippen molar-refractivity contribution in [2.24, 2.45) is 4.99 Å². The average molecular weight is 572 g/mol. The van der Waals surface area contributed by atoms with Crippen LogP contribution in [0.3, 0.4) is 0 Å². The van der Waals surface area contributed by atoms with Crippen LogP contribution in [0.1, 0.15) is 6.92 Å². The summed E-state index contributed by atoms with van der Waals surface area (Å²) in [5, 5.41) is 13.4. The van der Waals surface area contributed by atoms with Crippen LogP contribution >= 0.6 is 7.75 Å². The molecule has 0 aliphatic rings. The third kappa shape index (κ3) is 7.17. The fraction of sp³-hybridized carbons (Fsp3) is 0.320. The number of aliphatic hydroxyl groups is 1. The van der Waals surface area contributed by atoms with Crippen molar-refractivity contribution >= 4 is 47.8 Å². The van der Waals surface area contributed by atoms with Crippen LogP contribution in [0.15, 0.2) is 58.6 Å². The predicted molar refractivity (Wildman–Crippen MR) is 149 cm³/mol. The molecule has 0 bridgehead atoms. The van der Waals surface area contributed by atoms with Crippen molar-refractivity contribution in [3.63, 3.8) is 0 Å². The lowest BCUT2D eigenvalue weighted by Gasteiger charge is -2.23. The normalized spacial score (nSPS) is 14.0. The largest absolute Gasteiger partial charge is 0.459 e. The predicted octanol–water partition coefficient (Wildman–Crippen LogP) is 2.21. The minimum absolute atomic E-state index is 0.0264. The molecule has 212 valence electrons. The van der Waals surface area contributed by atoms with Crippen LogP contribution in [0.5, 0.6) is 5.75 Å². The summed E-state index contributed by atoms with van der Waals surface area (Å²) in [5.74, 6) is -0.168. The first-order valence-electron chi connectivity index (χ1n) is 12.3. The number of aliphatic imine (C=N–C) groups is 1. The smallest absolute Gasteiger partial charge is 0.413 e. The Morgan fingerprint density at radius 2 is 2.02 bits per heavy atom. The third-order valence-corrected chi connectivity index (χ3v) is 7.21. The lowest BCUT2D eigenvalue weighted by molar-refractivity contribution is -0.123. The maximum absolute atomic E-state index is 13.7. The summed E-state index contributed by atoms with van der Waals surface area (Å²) in [6.45, 7) is 0.487. The van der Waals surface area contributed by atoms with Gasteiger partial charge in [-0.3, -0.25) is 23.7 Å². The first kappa shape index (κ1) is 29.1. The molecule has 0 saturated heterocycles. The summed E-state index contributed by atoms with van der Waals surface area (Å²) in [6.07, 6.45) is 2.91. The number of hydrogen-bond donors (Lipinski definition) is 3. The number of benzene rings is 2. The van der Waals surface area contributed by atoms with E-state index in [2.05, 4.69) is 25.0 Å². The molecule has 0 spiro atoms. The number of hydrogen-bond acceptors (Lipinski definition) is 10. The molecule has 0 saturated carbocycles. The fourth-order valence-corrected chi connectivity index (χ4v) is 5.12. The molecule has 4 aromatic rings. The van der Waals surface area contributed by atoms with Crippen LogP contribution in [0.2, 0.25) is 0 Å². The highest BCUT2D eigenvalue weighted by Gasteiger charge is 2.31. The number of ketones is 1. The molecule has 2 aromatic heterocycles. The van der Waals surface area contributed by atoms with Gasteiger partial charge in [-0.25, -0.2) is 19.6 Å². The molecule has 14 nitrogen and oxygen atoms in total. The number of nitrogens with one attached hydrogen (secondary N) is 2. The molecule has 2 heterocycles. The number of H-pyrrole nitrogens is 1. The molecular formula is C25H30N7O7P. The maximum atomic E-state index is 13.7. The monoisotopic (exact) mass is 571 g/mol. The van der Waals surface area contributed by atoms with Crippen molar-refractivity contribution in [2.75, 3.05) is 33.9 Å². The van der Waals surface area contributed by atoms with Gasteiger partial charge in [0.05, 0.1) is 31.9 Å². The van der Waals surface area contributed by atoms with E-state index in [0.717, 1.165) is 5.39 Å². The van der Waals surface area contributed by atoms with E-state index in [-0.39, 0.29) is 37.1 Å². The molecule has 1 unspecified atom stereocenters. The van der Waals surface area contributed by atoms with Crippen molar-refractivity contribution in [1.82, 2.24) is 29.5 Å². The molecule has 0 amide bonds. The van der Waals surface area contributed by atoms with Gasteiger partial charge in [0, 0.05) is 19.5 Å². The molecule has 0 aliphatic carbocycles. The van der Waals surface area contributed by atoms with E-state index >= 15 is 0 Å². The van der Waals surface area contributed by atoms with Gasteiger partial charge in [0.1, 0.15) is 19.1 Å². The molecular weight excluding hydrogens is 541 g/mol. The second-order valence-corrected chi connectivity index (χ2v) is 10.6. The second kappa shape index (κ2) is 12.9. The molecule has 15 heteroatoms. The van der Waals surface area contributed by atoms with E-state index in [1.54, 1.807) is 31.1 Å². The van der Waals surface area contributed by atoms with Gasteiger partial charge in [0.2, 0.25) is 5.95 Å². The van der Waals surface area contributed by atoms with Crippen LogP contribution in [-0.2, 0) is 25.4 Å². The Hall–Kier alpha value is -3.94. The Balaban J connectivity index is 1.43. The van der Waals surface area contributed by atoms with Gasteiger partial charge in [-0.05, 0) is 18.4 Å². The van der Waals surface area contributed by atoms with Gasteiger partial charge in [-0.15, -0.1) is 0 Å². The number of Topliss-reactive ketones (excluding diaryl/α,β-unsaturated/α-hetero) is 1. The minimum Gasteiger partial charge on any atom is -0.413 e.